The van der Waals surface area contributed by atoms with E-state index < -0.39 is 0 Å². The molecule has 0 aliphatic heterocycles. The number of hydrogen-bond acceptors (Lipinski definition) is 4. The molecule has 80 valence electrons. The smallest absolute Gasteiger partial charge is 0.160 e. The molecule has 2 aromatic rings. The van der Waals surface area contributed by atoms with E-state index in [4.69, 9.17) is 0 Å². The van der Waals surface area contributed by atoms with Gasteiger partial charge >= 0.3 is 0 Å². The van der Waals surface area contributed by atoms with Crippen LogP contribution in [0.25, 0.3) is 10.4 Å². The van der Waals surface area contributed by atoms with Crippen molar-refractivity contribution in [3.8, 4) is 16.2 Å². The Morgan fingerprint density at radius 3 is 2.50 bits per heavy atom. The van der Waals surface area contributed by atoms with Crippen LogP contribution < -0.4 is 0 Å². The highest BCUT2D eigenvalue weighted by atomic mass is 32.1. The summed E-state index contributed by atoms with van der Waals surface area (Å²) < 4.78 is 0. The molecule has 0 bridgehead atoms. The van der Waals surface area contributed by atoms with Gasteiger partial charge in [-0.05, 0) is 24.3 Å². The Labute approximate surface area is 96.0 Å². The maximum absolute atomic E-state index is 10.7. The van der Waals surface area contributed by atoms with E-state index in [2.05, 4.69) is 0 Å². The number of phenolic OH excluding ortho intramolecular Hbond substituents is 1. The molecule has 16 heavy (non-hydrogen) atoms. The standard InChI is InChI=1S/C12H8O3S/c13-6-8-2-1-3-10(12(8)15)11-5-4-9(7-14)16-11/h1-7,15H. The first-order valence-corrected chi connectivity index (χ1v) is 5.40. The summed E-state index contributed by atoms with van der Waals surface area (Å²) in [7, 11) is 0. The number of phenols is 1. The molecular formula is C12H8O3S. The lowest BCUT2D eigenvalue weighted by Gasteiger charge is -2.03. The van der Waals surface area contributed by atoms with Gasteiger partial charge in [-0.15, -0.1) is 11.3 Å². The Morgan fingerprint density at radius 1 is 1.06 bits per heavy atom. The number of aldehydes is 2. The number of hydrogen-bond donors (Lipinski definition) is 1. The van der Waals surface area contributed by atoms with E-state index in [1.807, 2.05) is 0 Å². The van der Waals surface area contributed by atoms with Crippen LogP contribution in [0.3, 0.4) is 0 Å². The predicted octanol–water partition coefficient (Wildman–Crippen LogP) is 2.75. The van der Waals surface area contributed by atoms with Crippen LogP contribution in [-0.2, 0) is 0 Å². The number of para-hydroxylation sites is 1. The van der Waals surface area contributed by atoms with Crippen LogP contribution in [-0.4, -0.2) is 17.7 Å². The highest BCUT2D eigenvalue weighted by Gasteiger charge is 2.10. The first-order valence-electron chi connectivity index (χ1n) is 4.59. The second-order valence-corrected chi connectivity index (χ2v) is 4.30. The third kappa shape index (κ3) is 1.75. The van der Waals surface area contributed by atoms with Crippen molar-refractivity contribution < 1.29 is 14.7 Å². The predicted molar refractivity (Wildman–Crippen MR) is 62.2 cm³/mol. The molecule has 2 rings (SSSR count). The topological polar surface area (TPSA) is 54.4 Å². The molecule has 0 radical (unpaired) electrons. The van der Waals surface area contributed by atoms with Crippen LogP contribution in [0.1, 0.15) is 20.0 Å². The van der Waals surface area contributed by atoms with Crippen molar-refractivity contribution in [1.82, 2.24) is 0 Å². The van der Waals surface area contributed by atoms with Crippen LogP contribution >= 0.6 is 11.3 Å². The summed E-state index contributed by atoms with van der Waals surface area (Å²) in [6.45, 7) is 0. The highest BCUT2D eigenvalue weighted by molar-refractivity contribution is 7.17. The highest BCUT2D eigenvalue weighted by Crippen LogP contribution is 2.35. The molecule has 3 nitrogen and oxygen atoms in total. The Kier molecular flexibility index (Phi) is 2.83. The summed E-state index contributed by atoms with van der Waals surface area (Å²) in [6.07, 6.45) is 1.36. The largest absolute Gasteiger partial charge is 0.507 e. The van der Waals surface area contributed by atoms with E-state index >= 15 is 0 Å². The minimum atomic E-state index is -0.0446. The van der Waals surface area contributed by atoms with Crippen LogP contribution in [0.5, 0.6) is 5.75 Å². The molecule has 0 spiro atoms. The maximum atomic E-state index is 10.7. The number of thiophene rings is 1. The third-order valence-electron chi connectivity index (χ3n) is 2.20. The summed E-state index contributed by atoms with van der Waals surface area (Å²) in [6, 6.07) is 8.37. The number of carbonyl (C=O) groups is 2. The van der Waals surface area contributed by atoms with Crippen LogP contribution in [0.4, 0.5) is 0 Å². The lowest BCUT2D eigenvalue weighted by molar-refractivity contribution is 0.111. The second kappa shape index (κ2) is 4.28. The van der Waals surface area contributed by atoms with Crippen molar-refractivity contribution in [1.29, 1.82) is 0 Å². The minimum absolute atomic E-state index is 0.0446. The van der Waals surface area contributed by atoms with Crippen LogP contribution in [0.2, 0.25) is 0 Å². The van der Waals surface area contributed by atoms with Gasteiger partial charge in [-0.1, -0.05) is 6.07 Å². The fraction of sp³-hybridized carbons (Fsp3) is 0. The number of carbonyl (C=O) groups excluding carboxylic acids is 2. The molecule has 0 amide bonds. The normalized spacial score (nSPS) is 10.0. The molecule has 1 heterocycles. The molecular weight excluding hydrogens is 224 g/mol. The quantitative estimate of drug-likeness (QED) is 0.828. The van der Waals surface area contributed by atoms with Crippen molar-refractivity contribution in [2.45, 2.75) is 0 Å². The zero-order valence-corrected chi connectivity index (χ0v) is 9.03. The van der Waals surface area contributed by atoms with Crippen molar-refractivity contribution >= 4 is 23.9 Å². The molecule has 1 aromatic heterocycles. The van der Waals surface area contributed by atoms with Gasteiger partial charge in [-0.25, -0.2) is 0 Å². The van der Waals surface area contributed by atoms with Crippen molar-refractivity contribution in [2.75, 3.05) is 0 Å². The van der Waals surface area contributed by atoms with E-state index in [1.165, 1.54) is 11.3 Å². The molecule has 0 atom stereocenters. The van der Waals surface area contributed by atoms with Gasteiger partial charge in [0.15, 0.2) is 12.6 Å². The molecule has 1 N–H and O–H groups in total. The lowest BCUT2D eigenvalue weighted by atomic mass is 10.1. The fourth-order valence-electron chi connectivity index (χ4n) is 1.42. The Morgan fingerprint density at radius 2 is 1.88 bits per heavy atom. The van der Waals surface area contributed by atoms with Gasteiger partial charge < -0.3 is 5.11 Å². The zero-order chi connectivity index (χ0) is 11.5. The van der Waals surface area contributed by atoms with E-state index in [1.54, 1.807) is 30.3 Å². The van der Waals surface area contributed by atoms with Crippen molar-refractivity contribution in [2.24, 2.45) is 0 Å². The molecule has 0 saturated carbocycles. The van der Waals surface area contributed by atoms with Gasteiger partial charge in [0.05, 0.1) is 10.4 Å². The summed E-state index contributed by atoms with van der Waals surface area (Å²) in [4.78, 5) is 22.6. The van der Waals surface area contributed by atoms with Gasteiger partial charge in [-0.3, -0.25) is 9.59 Å². The van der Waals surface area contributed by atoms with E-state index in [0.29, 0.717) is 16.7 Å². The summed E-state index contributed by atoms with van der Waals surface area (Å²) in [5.74, 6) is -0.0446. The van der Waals surface area contributed by atoms with Crippen LogP contribution in [0.15, 0.2) is 30.3 Å². The van der Waals surface area contributed by atoms with Gasteiger partial charge in [-0.2, -0.15) is 0 Å². The van der Waals surface area contributed by atoms with Gasteiger partial charge in [0.25, 0.3) is 0 Å². The molecule has 4 heteroatoms. The molecule has 0 aliphatic rings. The molecule has 0 fully saturated rings. The average Bonchev–Trinajstić information content (AvgIpc) is 2.78. The second-order valence-electron chi connectivity index (χ2n) is 3.18. The maximum Gasteiger partial charge on any atom is 0.160 e. The Hall–Kier alpha value is -1.94. The average molecular weight is 232 g/mol. The van der Waals surface area contributed by atoms with Crippen molar-refractivity contribution in [3.05, 3.63) is 40.8 Å². The Bertz CT molecular complexity index is 543. The first-order chi connectivity index (χ1) is 7.76. The number of rotatable bonds is 3. The molecule has 0 unspecified atom stereocenters. The minimum Gasteiger partial charge on any atom is -0.507 e. The van der Waals surface area contributed by atoms with Crippen LogP contribution in [0, 0.1) is 0 Å². The molecule has 1 aromatic carbocycles. The SMILES string of the molecule is O=Cc1ccc(-c2cccc(C=O)c2O)s1. The lowest BCUT2D eigenvalue weighted by Crippen LogP contribution is -1.83. The first kappa shape index (κ1) is 10.6. The summed E-state index contributed by atoms with van der Waals surface area (Å²) >= 11 is 1.28. The molecule has 0 aliphatic carbocycles. The van der Waals surface area contributed by atoms with E-state index in [0.717, 1.165) is 11.2 Å². The summed E-state index contributed by atoms with van der Waals surface area (Å²) in [5.41, 5.74) is 0.821. The molecule has 0 saturated heterocycles. The Balaban J connectivity index is 2.55. The number of aromatic hydroxyl groups is 1. The number of benzene rings is 1. The zero-order valence-electron chi connectivity index (χ0n) is 8.21. The third-order valence-corrected chi connectivity index (χ3v) is 3.25. The summed E-state index contributed by atoms with van der Waals surface area (Å²) in [5, 5.41) is 9.81. The van der Waals surface area contributed by atoms with Gasteiger partial charge in [0, 0.05) is 10.4 Å². The monoisotopic (exact) mass is 232 g/mol. The van der Waals surface area contributed by atoms with Gasteiger partial charge in [0.2, 0.25) is 0 Å². The van der Waals surface area contributed by atoms with Crippen molar-refractivity contribution in [3.63, 3.8) is 0 Å². The van der Waals surface area contributed by atoms with Gasteiger partial charge in [0.1, 0.15) is 5.75 Å². The van der Waals surface area contributed by atoms with E-state index in [9.17, 15) is 14.7 Å². The van der Waals surface area contributed by atoms with E-state index in [-0.39, 0.29) is 11.3 Å². The fourth-order valence-corrected chi connectivity index (χ4v) is 2.27.